The largest absolute Gasteiger partial charge is 0.481 e. The first kappa shape index (κ1) is 48.0. The molecular weight excluding hydrogens is 851 g/mol. The molecule has 340 valence electrons. The van der Waals surface area contributed by atoms with Crippen LogP contribution in [0.5, 0.6) is 0 Å². The summed E-state index contributed by atoms with van der Waals surface area (Å²) in [5.41, 5.74) is 2.83. The lowest BCUT2D eigenvalue weighted by Gasteiger charge is -2.32. The van der Waals surface area contributed by atoms with Crippen LogP contribution in [-0.4, -0.2) is 128 Å². The molecule has 0 aromatic heterocycles. The van der Waals surface area contributed by atoms with Gasteiger partial charge in [-0.2, -0.15) is 4.99 Å². The van der Waals surface area contributed by atoms with E-state index in [1.165, 1.54) is 36.4 Å². The number of carboxylic acid groups (broad SMARTS) is 4. The van der Waals surface area contributed by atoms with Crippen molar-refractivity contribution in [2.45, 2.75) is 75.5 Å². The van der Waals surface area contributed by atoms with Gasteiger partial charge in [0.2, 0.25) is 11.8 Å². The number of anilines is 2. The minimum absolute atomic E-state index is 0.0179. The Morgan fingerprint density at radius 1 is 0.723 bits per heavy atom. The number of benzene rings is 2. The number of carbonyl (C=O) groups is 9. The fraction of sp³-hybridized carbons (Fsp3) is 0.341. The number of amidine groups is 1. The van der Waals surface area contributed by atoms with Crippen molar-refractivity contribution in [1.82, 2.24) is 16.0 Å². The van der Waals surface area contributed by atoms with Crippen molar-refractivity contribution >= 4 is 76.3 Å². The summed E-state index contributed by atoms with van der Waals surface area (Å²) in [7, 11) is 0. The smallest absolute Gasteiger partial charge is 0.326 e. The third kappa shape index (κ3) is 12.8. The van der Waals surface area contributed by atoms with E-state index < -0.39 is 104 Å². The molecule has 3 aliphatic rings. The van der Waals surface area contributed by atoms with Crippen molar-refractivity contribution < 1.29 is 68.7 Å². The summed E-state index contributed by atoms with van der Waals surface area (Å²) in [6.45, 7) is -0.266. The van der Waals surface area contributed by atoms with Crippen molar-refractivity contribution in [2.24, 2.45) is 15.9 Å². The van der Waals surface area contributed by atoms with Crippen LogP contribution in [-0.2, 0) is 33.6 Å². The number of carbonyl (C=O) groups excluding carboxylic acids is 5. The Kier molecular flexibility index (Phi) is 16.2. The van der Waals surface area contributed by atoms with Gasteiger partial charge in [0.05, 0.1) is 23.9 Å². The number of carboxylic acids is 4. The molecule has 0 radical (unpaired) electrons. The number of amides is 5. The molecule has 1 fully saturated rings. The number of aliphatic hydroxyl groups excluding tert-OH is 1. The van der Waals surface area contributed by atoms with Crippen molar-refractivity contribution in [3.63, 3.8) is 0 Å². The van der Waals surface area contributed by atoms with Gasteiger partial charge in [-0.1, -0.05) is 12.0 Å². The third-order valence-electron chi connectivity index (χ3n) is 10.7. The number of terminal acetylenes is 1. The number of aliphatic imine (C=N–C) groups is 2. The second-order valence-electron chi connectivity index (χ2n) is 15.1. The minimum atomic E-state index is -1.56. The predicted molar refractivity (Wildman–Crippen MR) is 230 cm³/mol. The second kappa shape index (κ2) is 21.9. The van der Waals surface area contributed by atoms with Crippen molar-refractivity contribution in [1.29, 1.82) is 0 Å². The predicted octanol–water partition coefficient (Wildman–Crippen LogP) is 1.14. The van der Waals surface area contributed by atoms with Crippen LogP contribution in [0.3, 0.4) is 0 Å². The Hall–Kier alpha value is -7.99. The number of rotatable bonds is 22. The molecule has 1 heterocycles. The van der Waals surface area contributed by atoms with Crippen molar-refractivity contribution in [2.75, 3.05) is 23.4 Å². The average Bonchev–Trinajstić information content (AvgIpc) is 3.68. The van der Waals surface area contributed by atoms with Gasteiger partial charge in [0.15, 0.2) is 5.84 Å². The molecule has 1 aliphatic heterocycles. The van der Waals surface area contributed by atoms with Gasteiger partial charge in [0.25, 0.3) is 17.7 Å². The number of hydrogen-bond acceptors (Lipinski definition) is 12. The zero-order valence-corrected chi connectivity index (χ0v) is 34.6. The van der Waals surface area contributed by atoms with E-state index in [0.717, 1.165) is 12.0 Å². The zero-order chi connectivity index (χ0) is 47.4. The number of aliphatic carboxylic acids is 4. The number of allylic oxidation sites excluding steroid dienone is 2. The molecule has 0 bridgehead atoms. The van der Waals surface area contributed by atoms with E-state index in [1.807, 2.05) is 17.1 Å². The SMILES string of the molecule is C#CCN(c1ccc(C(=O)N[C@@H](CCC(=O)Nc2ccc(C(=O)N[C@@H](CCC(=O)N[C@H](CCC(=O)O)C(=O)O)C(=O)O)cc2)C(=O)O)cc1)C1CCC2C=C3C(=O)N=C(CO)N=C3C=C21. The Bertz CT molecular complexity index is 2420. The van der Waals surface area contributed by atoms with Gasteiger partial charge in [-0.15, -0.1) is 6.42 Å². The third-order valence-corrected chi connectivity index (χ3v) is 10.7. The lowest BCUT2D eigenvalue weighted by atomic mass is 9.88. The molecule has 21 heteroatoms. The number of nitrogens with one attached hydrogen (secondary N) is 4. The van der Waals surface area contributed by atoms with Gasteiger partial charge in [-0.3, -0.25) is 28.8 Å². The van der Waals surface area contributed by atoms with Crippen molar-refractivity contribution in [3.8, 4) is 12.3 Å². The Morgan fingerprint density at radius 2 is 1.26 bits per heavy atom. The Balaban J connectivity index is 1.11. The van der Waals surface area contributed by atoms with E-state index in [1.54, 1.807) is 12.1 Å². The van der Waals surface area contributed by atoms with Gasteiger partial charge in [0.1, 0.15) is 24.7 Å². The van der Waals surface area contributed by atoms with Crippen LogP contribution in [0, 0.1) is 18.3 Å². The summed E-state index contributed by atoms with van der Waals surface area (Å²) in [5.74, 6) is -6.43. The van der Waals surface area contributed by atoms with Crippen LogP contribution >= 0.6 is 0 Å². The number of hydrogen-bond donors (Lipinski definition) is 9. The van der Waals surface area contributed by atoms with Gasteiger partial charge in [-0.05, 0) is 92.3 Å². The molecule has 0 spiro atoms. The van der Waals surface area contributed by atoms with E-state index in [2.05, 4.69) is 37.2 Å². The number of fused-ring (bicyclic) bond motifs is 2. The van der Waals surface area contributed by atoms with Gasteiger partial charge >= 0.3 is 23.9 Å². The molecule has 5 atom stereocenters. The molecule has 5 amide bonds. The summed E-state index contributed by atoms with van der Waals surface area (Å²) in [6.07, 6.45) is 8.43. The van der Waals surface area contributed by atoms with Crippen LogP contribution in [0.15, 0.2) is 81.8 Å². The topological polar surface area (TPSA) is 331 Å². The van der Waals surface area contributed by atoms with Gasteiger partial charge in [-0.25, -0.2) is 19.4 Å². The Labute approximate surface area is 370 Å². The van der Waals surface area contributed by atoms with E-state index in [-0.39, 0.29) is 54.0 Å². The first-order valence-corrected chi connectivity index (χ1v) is 20.2. The molecule has 1 saturated carbocycles. The molecule has 5 rings (SSSR count). The first-order valence-electron chi connectivity index (χ1n) is 20.2. The molecule has 9 N–H and O–H groups in total. The molecule has 21 nitrogen and oxygen atoms in total. The normalized spacial score (nSPS) is 17.4. The van der Waals surface area contributed by atoms with Gasteiger partial charge in [0, 0.05) is 47.7 Å². The maximum absolute atomic E-state index is 13.2. The summed E-state index contributed by atoms with van der Waals surface area (Å²) in [5, 5.41) is 56.3. The molecule has 2 aromatic rings. The standard InChI is InChI=1S/C44H45N7O14/c1-2-19-51(34-15-7-25-20-29-33(21-28(25)34)46-35(22-52)50-41(29)59)27-10-5-24(6-11-27)40(58)49-31(43(62)63)12-16-36(53)45-26-8-3-23(4-9-26)39(57)48-32(44(64)65)13-17-37(54)47-30(42(60)61)14-18-38(55)56/h1,3-6,8-11,20-21,25,30-32,34,52H,7,12-19,22H2,(H,45,53)(H,47,54)(H,48,57)(H,49,58)(H,55,56)(H,60,61)(H,62,63)(H,64,65)/t25?,30-,31+,32+,34?/m1/s1. The van der Waals surface area contributed by atoms with Crippen LogP contribution in [0.2, 0.25) is 0 Å². The Morgan fingerprint density at radius 3 is 1.80 bits per heavy atom. The molecule has 0 saturated heterocycles. The lowest BCUT2D eigenvalue weighted by molar-refractivity contribution is -0.144. The van der Waals surface area contributed by atoms with Crippen LogP contribution in [0.25, 0.3) is 0 Å². The van der Waals surface area contributed by atoms with Gasteiger partial charge < -0.3 is 51.7 Å². The van der Waals surface area contributed by atoms with Crippen LogP contribution < -0.4 is 26.2 Å². The van der Waals surface area contributed by atoms with E-state index in [9.17, 15) is 63.6 Å². The molecular formula is C44H45N7O14. The van der Waals surface area contributed by atoms with Crippen LogP contribution in [0.1, 0.15) is 72.1 Å². The monoisotopic (exact) mass is 895 g/mol. The molecule has 2 aromatic carbocycles. The summed E-state index contributed by atoms with van der Waals surface area (Å²) in [4.78, 5) is 120. The summed E-state index contributed by atoms with van der Waals surface area (Å²) >= 11 is 0. The molecule has 2 aliphatic carbocycles. The molecule has 65 heavy (non-hydrogen) atoms. The highest BCUT2D eigenvalue weighted by Gasteiger charge is 2.38. The lowest BCUT2D eigenvalue weighted by Crippen LogP contribution is -2.44. The second-order valence-corrected chi connectivity index (χ2v) is 15.1. The average molecular weight is 896 g/mol. The van der Waals surface area contributed by atoms with E-state index in [4.69, 9.17) is 11.5 Å². The highest BCUT2D eigenvalue weighted by Crippen LogP contribution is 2.41. The van der Waals surface area contributed by atoms with Crippen molar-refractivity contribution in [3.05, 3.63) is 83.0 Å². The fourth-order valence-electron chi connectivity index (χ4n) is 7.40. The minimum Gasteiger partial charge on any atom is -0.481 e. The zero-order valence-electron chi connectivity index (χ0n) is 34.6. The summed E-state index contributed by atoms with van der Waals surface area (Å²) in [6, 6.07) is 6.96. The highest BCUT2D eigenvalue weighted by atomic mass is 16.4. The fourth-order valence-corrected chi connectivity index (χ4v) is 7.40. The quantitative estimate of drug-likeness (QED) is 0.0749. The van der Waals surface area contributed by atoms with Crippen LogP contribution in [0.4, 0.5) is 11.4 Å². The maximum Gasteiger partial charge on any atom is 0.326 e. The highest BCUT2D eigenvalue weighted by molar-refractivity contribution is 6.33. The number of aliphatic hydroxyl groups is 1. The maximum atomic E-state index is 13.2. The van der Waals surface area contributed by atoms with E-state index >= 15 is 0 Å². The van der Waals surface area contributed by atoms with E-state index in [0.29, 0.717) is 23.4 Å². The first-order chi connectivity index (χ1) is 31.0. The number of nitrogens with zero attached hydrogens (tertiary/aromatic N) is 3. The summed E-state index contributed by atoms with van der Waals surface area (Å²) < 4.78 is 0. The molecule has 2 unspecified atom stereocenters.